The zero-order valence-electron chi connectivity index (χ0n) is 10.7. The molecule has 98 valence electrons. The van der Waals surface area contributed by atoms with Crippen LogP contribution in [-0.4, -0.2) is 31.4 Å². The lowest BCUT2D eigenvalue weighted by atomic mass is 9.73. The fourth-order valence-electron chi connectivity index (χ4n) is 3.33. The fourth-order valence-corrected chi connectivity index (χ4v) is 3.33. The van der Waals surface area contributed by atoms with Crippen molar-refractivity contribution in [2.75, 3.05) is 26.3 Å². The lowest BCUT2D eigenvalue weighted by molar-refractivity contribution is 0.0755. The summed E-state index contributed by atoms with van der Waals surface area (Å²) < 4.78 is 5.74. The molecule has 0 amide bonds. The first-order valence-electron chi connectivity index (χ1n) is 6.86. The summed E-state index contributed by atoms with van der Waals surface area (Å²) in [6.07, 6.45) is 3.30. The Morgan fingerprint density at radius 2 is 2.28 bits per heavy atom. The van der Waals surface area contributed by atoms with Gasteiger partial charge < -0.3 is 15.2 Å². The summed E-state index contributed by atoms with van der Waals surface area (Å²) in [7, 11) is 0. The Bertz CT molecular complexity index is 413. The van der Waals surface area contributed by atoms with Gasteiger partial charge >= 0.3 is 0 Å². The molecular formula is C15H21NO2. The van der Waals surface area contributed by atoms with Crippen molar-refractivity contribution < 1.29 is 9.84 Å². The third kappa shape index (κ3) is 2.13. The van der Waals surface area contributed by atoms with Gasteiger partial charge in [-0.3, -0.25) is 0 Å². The summed E-state index contributed by atoms with van der Waals surface area (Å²) in [6.45, 7) is 3.06. The van der Waals surface area contributed by atoms with Gasteiger partial charge in [0.1, 0.15) is 5.75 Å². The van der Waals surface area contributed by atoms with Crippen LogP contribution in [0.25, 0.3) is 0 Å². The van der Waals surface area contributed by atoms with Gasteiger partial charge in [-0.15, -0.1) is 0 Å². The van der Waals surface area contributed by atoms with Crippen LogP contribution in [0.2, 0.25) is 0 Å². The van der Waals surface area contributed by atoms with Crippen molar-refractivity contribution in [1.29, 1.82) is 0 Å². The normalized spacial score (nSPS) is 30.8. The van der Waals surface area contributed by atoms with Gasteiger partial charge in [-0.1, -0.05) is 18.2 Å². The first-order chi connectivity index (χ1) is 8.83. The molecule has 2 heterocycles. The first kappa shape index (κ1) is 12.0. The van der Waals surface area contributed by atoms with Crippen molar-refractivity contribution in [3.63, 3.8) is 0 Å². The number of nitrogens with one attached hydrogen (secondary N) is 1. The molecule has 3 heteroatoms. The second kappa shape index (κ2) is 4.90. The molecule has 2 atom stereocenters. The molecule has 1 fully saturated rings. The van der Waals surface area contributed by atoms with Crippen molar-refractivity contribution in [1.82, 2.24) is 5.32 Å². The van der Waals surface area contributed by atoms with Crippen molar-refractivity contribution in [3.8, 4) is 5.75 Å². The van der Waals surface area contributed by atoms with Crippen molar-refractivity contribution in [3.05, 3.63) is 29.8 Å². The maximum atomic E-state index is 9.77. The molecule has 1 saturated heterocycles. The highest BCUT2D eigenvalue weighted by molar-refractivity contribution is 5.39. The van der Waals surface area contributed by atoms with E-state index < -0.39 is 0 Å². The van der Waals surface area contributed by atoms with E-state index in [2.05, 4.69) is 17.4 Å². The van der Waals surface area contributed by atoms with E-state index in [1.807, 2.05) is 12.1 Å². The van der Waals surface area contributed by atoms with Gasteiger partial charge in [0.15, 0.2) is 0 Å². The van der Waals surface area contributed by atoms with Crippen LogP contribution in [0.15, 0.2) is 24.3 Å². The highest BCUT2D eigenvalue weighted by Gasteiger charge is 2.37. The van der Waals surface area contributed by atoms with E-state index in [0.29, 0.717) is 5.92 Å². The molecule has 3 nitrogen and oxygen atoms in total. The third-order valence-corrected chi connectivity index (χ3v) is 4.37. The average Bonchev–Trinajstić information content (AvgIpc) is 2.83. The number of fused-ring (bicyclic) bond motifs is 1. The molecule has 0 saturated carbocycles. The molecule has 1 aromatic carbocycles. The second-order valence-electron chi connectivity index (χ2n) is 5.69. The van der Waals surface area contributed by atoms with Crippen molar-refractivity contribution in [2.24, 2.45) is 5.41 Å². The van der Waals surface area contributed by atoms with Crippen LogP contribution in [0.1, 0.15) is 30.7 Å². The van der Waals surface area contributed by atoms with Gasteiger partial charge in [-0.25, -0.2) is 0 Å². The molecule has 3 rings (SSSR count). The molecule has 0 radical (unpaired) electrons. The molecule has 2 N–H and O–H groups in total. The quantitative estimate of drug-likeness (QED) is 0.857. The lowest BCUT2D eigenvalue weighted by Gasteiger charge is -2.37. The lowest BCUT2D eigenvalue weighted by Crippen LogP contribution is -2.43. The van der Waals surface area contributed by atoms with Gasteiger partial charge in [0, 0.05) is 30.0 Å². The van der Waals surface area contributed by atoms with Crippen molar-refractivity contribution >= 4 is 0 Å². The molecule has 0 aliphatic carbocycles. The molecule has 0 aromatic heterocycles. The molecule has 0 spiro atoms. The number of hydrogen-bond acceptors (Lipinski definition) is 3. The Morgan fingerprint density at radius 1 is 1.39 bits per heavy atom. The van der Waals surface area contributed by atoms with Crippen LogP contribution in [0.3, 0.4) is 0 Å². The number of ether oxygens (including phenoxy) is 1. The molecule has 1 aromatic rings. The van der Waals surface area contributed by atoms with Gasteiger partial charge in [0.2, 0.25) is 0 Å². The van der Waals surface area contributed by atoms with Crippen LogP contribution in [0.5, 0.6) is 5.75 Å². The van der Waals surface area contributed by atoms with Crippen LogP contribution < -0.4 is 10.1 Å². The number of para-hydroxylation sites is 1. The van der Waals surface area contributed by atoms with E-state index >= 15 is 0 Å². The van der Waals surface area contributed by atoms with Gasteiger partial charge in [0.05, 0.1) is 6.61 Å². The maximum absolute atomic E-state index is 9.77. The van der Waals surface area contributed by atoms with Gasteiger partial charge in [-0.05, 0) is 31.9 Å². The van der Waals surface area contributed by atoms with E-state index in [9.17, 15) is 5.11 Å². The number of benzene rings is 1. The Morgan fingerprint density at radius 3 is 3.06 bits per heavy atom. The average molecular weight is 247 g/mol. The highest BCUT2D eigenvalue weighted by Crippen LogP contribution is 2.42. The monoisotopic (exact) mass is 247 g/mol. The Hall–Kier alpha value is -1.06. The highest BCUT2D eigenvalue weighted by atomic mass is 16.5. The zero-order chi connectivity index (χ0) is 12.4. The number of rotatable bonds is 3. The number of piperidine rings is 1. The predicted octanol–water partition coefficient (Wildman–Crippen LogP) is 1.91. The number of aliphatic hydroxyl groups excluding tert-OH is 1. The van der Waals surface area contributed by atoms with Gasteiger partial charge in [0.25, 0.3) is 0 Å². The Balaban J connectivity index is 1.77. The molecule has 2 unspecified atom stereocenters. The van der Waals surface area contributed by atoms with Crippen LogP contribution in [0, 0.1) is 5.41 Å². The second-order valence-corrected chi connectivity index (χ2v) is 5.69. The molecular weight excluding hydrogens is 226 g/mol. The summed E-state index contributed by atoms with van der Waals surface area (Å²) in [4.78, 5) is 0. The third-order valence-electron chi connectivity index (χ3n) is 4.37. The summed E-state index contributed by atoms with van der Waals surface area (Å²) in [5.41, 5.74) is 1.36. The Labute approximate surface area is 108 Å². The van der Waals surface area contributed by atoms with Crippen molar-refractivity contribution in [2.45, 2.75) is 25.2 Å². The van der Waals surface area contributed by atoms with E-state index in [4.69, 9.17) is 4.74 Å². The predicted molar refractivity (Wildman–Crippen MR) is 70.9 cm³/mol. The minimum atomic E-state index is 0.0454. The van der Waals surface area contributed by atoms with E-state index in [-0.39, 0.29) is 12.0 Å². The smallest absolute Gasteiger partial charge is 0.122 e. The molecule has 18 heavy (non-hydrogen) atoms. The summed E-state index contributed by atoms with van der Waals surface area (Å²) >= 11 is 0. The molecule has 0 bridgehead atoms. The van der Waals surface area contributed by atoms with Crippen LogP contribution in [0.4, 0.5) is 0 Å². The maximum Gasteiger partial charge on any atom is 0.122 e. The summed E-state index contributed by atoms with van der Waals surface area (Å²) in [5.74, 6) is 1.47. The Kier molecular flexibility index (Phi) is 3.27. The largest absolute Gasteiger partial charge is 0.493 e. The minimum absolute atomic E-state index is 0.0454. The molecule has 2 aliphatic heterocycles. The summed E-state index contributed by atoms with van der Waals surface area (Å²) in [5, 5.41) is 13.2. The van der Waals surface area contributed by atoms with E-state index in [1.54, 1.807) is 0 Å². The zero-order valence-corrected chi connectivity index (χ0v) is 10.7. The van der Waals surface area contributed by atoms with Crippen LogP contribution in [-0.2, 0) is 0 Å². The standard InChI is InChI=1S/C15H21NO2/c17-11-15(6-3-7-16-10-15)8-12-9-18-14-5-2-1-4-13(12)14/h1-2,4-5,12,16-17H,3,6-11H2. The minimum Gasteiger partial charge on any atom is -0.493 e. The van der Waals surface area contributed by atoms with Gasteiger partial charge in [-0.2, -0.15) is 0 Å². The topological polar surface area (TPSA) is 41.5 Å². The van der Waals surface area contributed by atoms with Crippen LogP contribution >= 0.6 is 0 Å². The summed E-state index contributed by atoms with van der Waals surface area (Å²) in [6, 6.07) is 8.30. The SMILES string of the molecule is OCC1(CC2COc3ccccc32)CCCNC1. The first-order valence-corrected chi connectivity index (χ1v) is 6.86. The fraction of sp³-hybridized carbons (Fsp3) is 0.600. The van der Waals surface area contributed by atoms with E-state index in [1.165, 1.54) is 5.56 Å². The van der Waals surface area contributed by atoms with E-state index in [0.717, 1.165) is 44.7 Å². The number of aliphatic hydroxyl groups is 1. The molecule has 2 aliphatic rings. The number of hydrogen-bond donors (Lipinski definition) is 2.